The first kappa shape index (κ1) is 18.4. The van der Waals surface area contributed by atoms with Crippen LogP contribution in [0.25, 0.3) is 11.5 Å². The van der Waals surface area contributed by atoms with Gasteiger partial charge < -0.3 is 13.4 Å². The van der Waals surface area contributed by atoms with Gasteiger partial charge in [-0.25, -0.2) is 13.4 Å². The third kappa shape index (κ3) is 3.84. The summed E-state index contributed by atoms with van der Waals surface area (Å²) in [6, 6.07) is 7.80. The van der Waals surface area contributed by atoms with Crippen LogP contribution in [0.4, 0.5) is 0 Å². The Labute approximate surface area is 164 Å². The van der Waals surface area contributed by atoms with Gasteiger partial charge in [-0.1, -0.05) is 16.8 Å². The molecule has 0 unspecified atom stereocenters. The molecule has 0 N–H and O–H groups in total. The van der Waals surface area contributed by atoms with E-state index in [2.05, 4.69) is 15.1 Å². The van der Waals surface area contributed by atoms with Crippen molar-refractivity contribution in [2.45, 2.75) is 18.0 Å². The number of sulfonamides is 1. The molecule has 11 heteroatoms. The summed E-state index contributed by atoms with van der Waals surface area (Å²) in [6.45, 7) is -0.152. The summed E-state index contributed by atoms with van der Waals surface area (Å²) >= 11 is 5.76. The van der Waals surface area contributed by atoms with Crippen LogP contribution in [0.2, 0.25) is 5.15 Å². The maximum atomic E-state index is 13.1. The maximum Gasteiger partial charge on any atom is 0.261 e. The third-order valence-corrected chi connectivity index (χ3v) is 5.80. The van der Waals surface area contributed by atoms with E-state index >= 15 is 0 Å². The second-order valence-electron chi connectivity index (χ2n) is 5.70. The number of halogens is 1. The number of furan rings is 2. The van der Waals surface area contributed by atoms with Crippen LogP contribution in [0, 0.1) is 0 Å². The minimum absolute atomic E-state index is 0.0120. The molecule has 0 aliphatic heterocycles. The van der Waals surface area contributed by atoms with Crippen molar-refractivity contribution in [3.8, 4) is 11.5 Å². The van der Waals surface area contributed by atoms with Gasteiger partial charge in [0.15, 0.2) is 5.82 Å². The van der Waals surface area contributed by atoms with Crippen LogP contribution in [0.1, 0.15) is 11.6 Å². The molecule has 0 fully saturated rings. The Bertz CT molecular complexity index is 1140. The second kappa shape index (κ2) is 7.58. The van der Waals surface area contributed by atoms with E-state index in [0.717, 1.165) is 0 Å². The number of hydrogen-bond acceptors (Lipinski definition) is 8. The molecular formula is C17H13ClN4O5S. The molecule has 0 atom stereocenters. The summed E-state index contributed by atoms with van der Waals surface area (Å²) in [7, 11) is -3.92. The quantitative estimate of drug-likeness (QED) is 0.418. The highest BCUT2D eigenvalue weighted by atomic mass is 35.5. The first-order valence-corrected chi connectivity index (χ1v) is 9.83. The van der Waals surface area contributed by atoms with Crippen LogP contribution in [-0.4, -0.2) is 27.8 Å². The van der Waals surface area contributed by atoms with Crippen LogP contribution >= 0.6 is 11.6 Å². The molecule has 0 aromatic carbocycles. The zero-order chi connectivity index (χ0) is 19.6. The van der Waals surface area contributed by atoms with Crippen molar-refractivity contribution in [1.29, 1.82) is 0 Å². The van der Waals surface area contributed by atoms with Crippen molar-refractivity contribution in [2.24, 2.45) is 0 Å². The topological polar surface area (TPSA) is 115 Å². The molecule has 4 aromatic rings. The van der Waals surface area contributed by atoms with E-state index in [0.29, 0.717) is 11.3 Å². The van der Waals surface area contributed by atoms with Gasteiger partial charge in [0, 0.05) is 6.20 Å². The monoisotopic (exact) mass is 420 g/mol. The van der Waals surface area contributed by atoms with E-state index < -0.39 is 10.0 Å². The van der Waals surface area contributed by atoms with E-state index in [1.165, 1.54) is 41.4 Å². The fourth-order valence-electron chi connectivity index (χ4n) is 2.45. The predicted molar refractivity (Wildman–Crippen MR) is 96.4 cm³/mol. The smallest absolute Gasteiger partial charge is 0.261 e. The van der Waals surface area contributed by atoms with Crippen molar-refractivity contribution in [1.82, 2.24) is 19.4 Å². The second-order valence-corrected chi connectivity index (χ2v) is 8.02. The van der Waals surface area contributed by atoms with Crippen LogP contribution < -0.4 is 0 Å². The number of pyridine rings is 1. The van der Waals surface area contributed by atoms with E-state index in [4.69, 9.17) is 25.0 Å². The van der Waals surface area contributed by atoms with E-state index in [1.54, 1.807) is 18.2 Å². The lowest BCUT2D eigenvalue weighted by molar-refractivity contribution is 0.342. The average Bonchev–Trinajstić information content (AvgIpc) is 3.44. The van der Waals surface area contributed by atoms with Gasteiger partial charge >= 0.3 is 0 Å². The number of rotatable bonds is 7. The first-order valence-electron chi connectivity index (χ1n) is 8.01. The Morgan fingerprint density at radius 3 is 2.68 bits per heavy atom. The summed E-state index contributed by atoms with van der Waals surface area (Å²) in [5.41, 5.74) is 0.598. The maximum absolute atomic E-state index is 13.1. The zero-order valence-corrected chi connectivity index (χ0v) is 15.8. The van der Waals surface area contributed by atoms with Gasteiger partial charge in [-0.3, -0.25) is 0 Å². The molecule has 4 aromatic heterocycles. The van der Waals surface area contributed by atoms with E-state index in [1.807, 2.05) is 0 Å². The molecule has 0 saturated heterocycles. The summed E-state index contributed by atoms with van der Waals surface area (Å²) in [5.74, 6) is 0.879. The third-order valence-electron chi connectivity index (χ3n) is 3.80. The standard InChI is InChI=1S/C17H13ClN4O5S/c18-15-4-3-14(8-19-15)28(23,24)22(9-13-2-1-6-26-13)10-16-20-17(27-21-16)12-5-7-25-11-12/h1-8,11H,9-10H2. The predicted octanol–water partition coefficient (Wildman–Crippen LogP) is 3.36. The van der Waals surface area contributed by atoms with Crippen molar-refractivity contribution in [2.75, 3.05) is 0 Å². The molecule has 0 radical (unpaired) electrons. The SMILES string of the molecule is O=S(=O)(c1ccc(Cl)nc1)N(Cc1noc(-c2ccoc2)n1)Cc1ccco1. The fourth-order valence-corrected chi connectivity index (χ4v) is 3.86. The lowest BCUT2D eigenvalue weighted by Crippen LogP contribution is -2.30. The van der Waals surface area contributed by atoms with Gasteiger partial charge in [-0.05, 0) is 30.3 Å². The van der Waals surface area contributed by atoms with Crippen LogP contribution in [0.3, 0.4) is 0 Å². The lowest BCUT2D eigenvalue weighted by Gasteiger charge is -2.19. The minimum atomic E-state index is -3.92. The van der Waals surface area contributed by atoms with Crippen LogP contribution in [0.5, 0.6) is 0 Å². The minimum Gasteiger partial charge on any atom is -0.472 e. The Hall–Kier alpha value is -2.95. The summed E-state index contributed by atoms with van der Waals surface area (Å²) < 4.78 is 42.9. The molecule has 0 spiro atoms. The molecule has 0 amide bonds. The van der Waals surface area contributed by atoms with Crippen LogP contribution in [-0.2, 0) is 23.1 Å². The van der Waals surface area contributed by atoms with Gasteiger partial charge in [-0.15, -0.1) is 0 Å². The molecule has 4 heterocycles. The van der Waals surface area contributed by atoms with Crippen molar-refractivity contribution >= 4 is 21.6 Å². The molecule has 0 bridgehead atoms. The van der Waals surface area contributed by atoms with Crippen molar-refractivity contribution < 1.29 is 21.8 Å². The largest absolute Gasteiger partial charge is 0.472 e. The van der Waals surface area contributed by atoms with Crippen molar-refractivity contribution in [3.63, 3.8) is 0 Å². The molecule has 0 saturated carbocycles. The highest BCUT2D eigenvalue weighted by Crippen LogP contribution is 2.23. The Morgan fingerprint density at radius 2 is 2.00 bits per heavy atom. The van der Waals surface area contributed by atoms with Gasteiger partial charge in [0.05, 0.1) is 31.2 Å². The molecule has 9 nitrogen and oxygen atoms in total. The molecule has 4 rings (SSSR count). The molecule has 144 valence electrons. The lowest BCUT2D eigenvalue weighted by atomic mass is 10.3. The Balaban J connectivity index is 1.65. The van der Waals surface area contributed by atoms with Gasteiger partial charge in [0.1, 0.15) is 22.1 Å². The normalized spacial score (nSPS) is 11.9. The highest BCUT2D eigenvalue weighted by molar-refractivity contribution is 7.89. The molecule has 28 heavy (non-hydrogen) atoms. The number of aromatic nitrogens is 3. The summed E-state index contributed by atoms with van der Waals surface area (Å²) in [5, 5.41) is 4.06. The van der Waals surface area contributed by atoms with E-state index in [-0.39, 0.29) is 34.9 Å². The number of hydrogen-bond donors (Lipinski definition) is 0. The van der Waals surface area contributed by atoms with E-state index in [9.17, 15) is 8.42 Å². The molecule has 0 aliphatic rings. The average molecular weight is 421 g/mol. The van der Waals surface area contributed by atoms with Crippen LogP contribution in [0.15, 0.2) is 73.6 Å². The van der Waals surface area contributed by atoms with Gasteiger partial charge in [0.2, 0.25) is 10.0 Å². The highest BCUT2D eigenvalue weighted by Gasteiger charge is 2.28. The molecule has 0 aliphatic carbocycles. The van der Waals surface area contributed by atoms with Gasteiger partial charge in [-0.2, -0.15) is 9.29 Å². The summed E-state index contributed by atoms with van der Waals surface area (Å²) in [6.07, 6.45) is 5.59. The molecular weight excluding hydrogens is 408 g/mol. The Kier molecular flexibility index (Phi) is 4.99. The Morgan fingerprint density at radius 1 is 1.11 bits per heavy atom. The van der Waals surface area contributed by atoms with Gasteiger partial charge in [0.25, 0.3) is 5.89 Å². The first-order chi connectivity index (χ1) is 13.5. The summed E-state index contributed by atoms with van der Waals surface area (Å²) in [4.78, 5) is 8.07. The number of nitrogens with zero attached hydrogens (tertiary/aromatic N) is 4. The fraction of sp³-hybridized carbons (Fsp3) is 0.118. The zero-order valence-electron chi connectivity index (χ0n) is 14.2. The van der Waals surface area contributed by atoms with Crippen molar-refractivity contribution in [3.05, 3.63) is 72.1 Å².